The first-order valence-corrected chi connectivity index (χ1v) is 12.2. The highest BCUT2D eigenvalue weighted by Gasteiger charge is 2.31. The highest BCUT2D eigenvalue weighted by atomic mass is 16.5. The number of aromatic nitrogens is 1. The predicted molar refractivity (Wildman–Crippen MR) is 145 cm³/mol. The molecule has 1 aromatic heterocycles. The Labute approximate surface area is 215 Å². The lowest BCUT2D eigenvalue weighted by Crippen LogP contribution is -2.50. The van der Waals surface area contributed by atoms with E-state index in [0.29, 0.717) is 29.4 Å². The Bertz CT molecular complexity index is 1450. The molecule has 1 aliphatic heterocycles. The lowest BCUT2D eigenvalue weighted by molar-refractivity contribution is -0.123. The molecule has 2 amide bonds. The monoisotopic (exact) mass is 498 g/mol. The lowest BCUT2D eigenvalue weighted by atomic mass is 9.89. The Morgan fingerprint density at radius 2 is 1.78 bits per heavy atom. The number of rotatable bonds is 8. The number of aromatic amines is 1. The van der Waals surface area contributed by atoms with Crippen molar-refractivity contribution in [2.75, 3.05) is 37.5 Å². The van der Waals surface area contributed by atoms with Crippen LogP contribution in [0.15, 0.2) is 72.9 Å². The SMILES string of the molecule is COc1cccc([C@H](CN[C@@H](C)C(=O)N2CC(=O)Nc3ccccc32)c2c[nH]c3ccccc23)c1OC. The van der Waals surface area contributed by atoms with Crippen molar-refractivity contribution in [3.05, 3.63) is 84.1 Å². The van der Waals surface area contributed by atoms with Crippen LogP contribution < -0.4 is 25.0 Å². The molecule has 2 heterocycles. The second-order valence-electron chi connectivity index (χ2n) is 9.04. The van der Waals surface area contributed by atoms with Crippen molar-refractivity contribution in [3.63, 3.8) is 0 Å². The summed E-state index contributed by atoms with van der Waals surface area (Å²) in [5.41, 5.74) is 4.39. The zero-order valence-electron chi connectivity index (χ0n) is 21.1. The van der Waals surface area contributed by atoms with E-state index >= 15 is 0 Å². The van der Waals surface area contributed by atoms with E-state index in [1.165, 1.54) is 0 Å². The fourth-order valence-electron chi connectivity index (χ4n) is 5.00. The molecule has 0 fully saturated rings. The molecule has 8 nitrogen and oxygen atoms in total. The van der Waals surface area contributed by atoms with Gasteiger partial charge in [-0.2, -0.15) is 0 Å². The number of carbonyl (C=O) groups excluding carboxylic acids is 2. The second kappa shape index (κ2) is 10.4. The third kappa shape index (κ3) is 4.63. The van der Waals surface area contributed by atoms with Crippen molar-refractivity contribution in [3.8, 4) is 11.5 Å². The molecule has 0 saturated heterocycles. The van der Waals surface area contributed by atoms with Crippen LogP contribution >= 0.6 is 0 Å². The van der Waals surface area contributed by atoms with E-state index in [1.807, 2.05) is 67.7 Å². The zero-order valence-corrected chi connectivity index (χ0v) is 21.1. The number of methoxy groups -OCH3 is 2. The first-order chi connectivity index (χ1) is 18.0. The molecule has 1 aliphatic rings. The molecule has 4 aromatic rings. The van der Waals surface area contributed by atoms with Gasteiger partial charge in [-0.05, 0) is 36.8 Å². The van der Waals surface area contributed by atoms with Crippen LogP contribution in [-0.4, -0.2) is 50.1 Å². The summed E-state index contributed by atoms with van der Waals surface area (Å²) in [5, 5.41) is 7.36. The number of carbonyl (C=O) groups is 2. The topological polar surface area (TPSA) is 95.7 Å². The van der Waals surface area contributed by atoms with Gasteiger partial charge in [0, 0.05) is 35.1 Å². The molecule has 8 heteroatoms. The normalized spacial score (nSPS) is 14.6. The van der Waals surface area contributed by atoms with Gasteiger partial charge in [0.2, 0.25) is 11.8 Å². The summed E-state index contributed by atoms with van der Waals surface area (Å²) >= 11 is 0. The minimum absolute atomic E-state index is 0.0164. The van der Waals surface area contributed by atoms with E-state index in [4.69, 9.17) is 9.47 Å². The fraction of sp³-hybridized carbons (Fsp3) is 0.241. The summed E-state index contributed by atoms with van der Waals surface area (Å²) in [7, 11) is 3.25. The Morgan fingerprint density at radius 1 is 1.00 bits per heavy atom. The standard InChI is InChI=1S/C29H30N4O4/c1-18(29(35)33-17-27(34)32-24-12-6-7-13-25(24)33)30-15-22(20-10-8-14-26(36-2)28(20)37-3)21-16-31-23-11-5-4-9-19(21)23/h4-14,16,18,22,30-31H,15,17H2,1-3H3,(H,32,34)/t18-,22-/m0/s1. The zero-order chi connectivity index (χ0) is 25.9. The number of para-hydroxylation sites is 4. The van der Waals surface area contributed by atoms with Gasteiger partial charge in [-0.1, -0.05) is 42.5 Å². The number of anilines is 2. The number of hydrogen-bond donors (Lipinski definition) is 3. The summed E-state index contributed by atoms with van der Waals surface area (Å²) in [5.74, 6) is 0.774. The number of benzene rings is 3. The number of hydrogen-bond acceptors (Lipinski definition) is 5. The first-order valence-electron chi connectivity index (χ1n) is 12.2. The smallest absolute Gasteiger partial charge is 0.244 e. The molecule has 37 heavy (non-hydrogen) atoms. The first kappa shape index (κ1) is 24.4. The van der Waals surface area contributed by atoms with Gasteiger partial charge in [0.1, 0.15) is 6.54 Å². The summed E-state index contributed by atoms with van der Waals surface area (Å²) in [6.45, 7) is 2.27. The van der Waals surface area contributed by atoms with E-state index in [2.05, 4.69) is 21.7 Å². The van der Waals surface area contributed by atoms with Gasteiger partial charge in [-0.3, -0.25) is 14.5 Å². The van der Waals surface area contributed by atoms with Gasteiger partial charge in [-0.25, -0.2) is 0 Å². The average Bonchev–Trinajstić information content (AvgIpc) is 3.35. The summed E-state index contributed by atoms with van der Waals surface area (Å²) < 4.78 is 11.3. The van der Waals surface area contributed by atoms with Crippen molar-refractivity contribution >= 4 is 34.1 Å². The molecule has 3 aromatic carbocycles. The molecule has 190 valence electrons. The minimum Gasteiger partial charge on any atom is -0.493 e. The van der Waals surface area contributed by atoms with Gasteiger partial charge >= 0.3 is 0 Å². The summed E-state index contributed by atoms with van der Waals surface area (Å²) in [4.78, 5) is 30.7. The molecular weight excluding hydrogens is 468 g/mol. The van der Waals surface area contributed by atoms with Crippen LogP contribution in [0.5, 0.6) is 11.5 Å². The molecule has 3 N–H and O–H groups in total. The molecule has 0 bridgehead atoms. The van der Waals surface area contributed by atoms with E-state index in [-0.39, 0.29) is 24.3 Å². The van der Waals surface area contributed by atoms with E-state index in [1.54, 1.807) is 25.2 Å². The number of nitrogens with one attached hydrogen (secondary N) is 3. The van der Waals surface area contributed by atoms with Crippen molar-refractivity contribution in [1.29, 1.82) is 0 Å². The molecule has 0 unspecified atom stereocenters. The molecule has 0 saturated carbocycles. The predicted octanol–water partition coefficient (Wildman–Crippen LogP) is 4.28. The molecule has 2 atom stereocenters. The van der Waals surface area contributed by atoms with Crippen LogP contribution in [0.4, 0.5) is 11.4 Å². The Balaban J connectivity index is 1.46. The highest BCUT2D eigenvalue weighted by Crippen LogP contribution is 2.40. The van der Waals surface area contributed by atoms with Gasteiger partial charge in [0.25, 0.3) is 0 Å². The second-order valence-corrected chi connectivity index (χ2v) is 9.04. The van der Waals surface area contributed by atoms with Crippen LogP contribution in [0.25, 0.3) is 10.9 Å². The average molecular weight is 499 g/mol. The minimum atomic E-state index is -0.539. The number of fused-ring (bicyclic) bond motifs is 2. The maximum absolute atomic E-state index is 13.5. The molecule has 5 rings (SSSR count). The summed E-state index contributed by atoms with van der Waals surface area (Å²) in [6.07, 6.45) is 2.01. The van der Waals surface area contributed by atoms with E-state index in [0.717, 1.165) is 22.0 Å². The van der Waals surface area contributed by atoms with Crippen LogP contribution in [0.1, 0.15) is 24.0 Å². The van der Waals surface area contributed by atoms with Gasteiger partial charge in [-0.15, -0.1) is 0 Å². The Morgan fingerprint density at radius 3 is 2.59 bits per heavy atom. The van der Waals surface area contributed by atoms with Gasteiger partial charge < -0.3 is 25.1 Å². The Hall–Kier alpha value is -4.30. The van der Waals surface area contributed by atoms with Crippen molar-refractivity contribution in [1.82, 2.24) is 10.3 Å². The van der Waals surface area contributed by atoms with Crippen LogP contribution in [0, 0.1) is 0 Å². The Kier molecular flexibility index (Phi) is 6.83. The maximum Gasteiger partial charge on any atom is 0.244 e. The summed E-state index contributed by atoms with van der Waals surface area (Å²) in [6, 6.07) is 20.8. The molecule has 0 aliphatic carbocycles. The third-order valence-corrected chi connectivity index (χ3v) is 6.84. The van der Waals surface area contributed by atoms with Gasteiger partial charge in [0.05, 0.1) is 31.6 Å². The van der Waals surface area contributed by atoms with E-state index in [9.17, 15) is 9.59 Å². The van der Waals surface area contributed by atoms with Crippen LogP contribution in [-0.2, 0) is 9.59 Å². The lowest BCUT2D eigenvalue weighted by Gasteiger charge is -2.32. The van der Waals surface area contributed by atoms with Crippen LogP contribution in [0.2, 0.25) is 0 Å². The number of ether oxygens (including phenoxy) is 2. The molecular formula is C29H30N4O4. The number of amides is 2. The molecule has 0 radical (unpaired) electrons. The van der Waals surface area contributed by atoms with E-state index < -0.39 is 6.04 Å². The fourth-order valence-corrected chi connectivity index (χ4v) is 5.00. The van der Waals surface area contributed by atoms with Crippen molar-refractivity contribution in [2.24, 2.45) is 0 Å². The maximum atomic E-state index is 13.5. The number of nitrogens with zero attached hydrogens (tertiary/aromatic N) is 1. The van der Waals surface area contributed by atoms with Crippen LogP contribution in [0.3, 0.4) is 0 Å². The third-order valence-electron chi connectivity index (χ3n) is 6.84. The highest BCUT2D eigenvalue weighted by molar-refractivity contribution is 6.11. The van der Waals surface area contributed by atoms with Crippen molar-refractivity contribution < 1.29 is 19.1 Å². The van der Waals surface area contributed by atoms with Gasteiger partial charge in [0.15, 0.2) is 11.5 Å². The molecule has 0 spiro atoms. The van der Waals surface area contributed by atoms with Crippen molar-refractivity contribution in [2.45, 2.75) is 18.9 Å². The largest absolute Gasteiger partial charge is 0.493 e. The quantitative estimate of drug-likeness (QED) is 0.337. The number of H-pyrrole nitrogens is 1.